The van der Waals surface area contributed by atoms with Crippen LogP contribution in [0.5, 0.6) is 0 Å². The van der Waals surface area contributed by atoms with Gasteiger partial charge in [-0.2, -0.15) is 0 Å². The number of benzene rings is 3. The number of piperidine rings is 2. The Bertz CT molecular complexity index is 1450. The largest absolute Gasteiger partial charge is 0.391 e. The summed E-state index contributed by atoms with van der Waals surface area (Å²) in [6, 6.07) is 25.3. The molecule has 0 bridgehead atoms. The average Bonchev–Trinajstić information content (AvgIpc) is 3.23. The zero-order valence-electron chi connectivity index (χ0n) is 21.6. The van der Waals surface area contributed by atoms with Gasteiger partial charge in [0.05, 0.1) is 35.1 Å². The molecule has 0 aliphatic carbocycles. The number of carbonyl (C=O) groups is 1. The van der Waals surface area contributed by atoms with Gasteiger partial charge in [0.2, 0.25) is 5.91 Å². The number of aliphatic hydroxyl groups excluding tert-OH is 1. The molecular weight excluding hydrogens is 496 g/mol. The molecule has 0 saturated carbocycles. The molecule has 1 N–H and O–H groups in total. The first-order valence-corrected chi connectivity index (χ1v) is 13.7. The minimum atomic E-state index is -0.662. The summed E-state index contributed by atoms with van der Waals surface area (Å²) in [7, 11) is 2.05. The number of likely N-dealkylation sites (tertiary alicyclic amines) is 2. The normalized spacial score (nSPS) is 24.4. The number of aryl methyl sites for hydroxylation is 1. The second-order valence-corrected chi connectivity index (χ2v) is 11.3. The van der Waals surface area contributed by atoms with Crippen molar-refractivity contribution in [2.45, 2.75) is 44.5 Å². The van der Waals surface area contributed by atoms with Gasteiger partial charge >= 0.3 is 0 Å². The van der Waals surface area contributed by atoms with Gasteiger partial charge in [0.25, 0.3) is 0 Å². The van der Waals surface area contributed by atoms with E-state index in [4.69, 9.17) is 16.6 Å². The van der Waals surface area contributed by atoms with E-state index in [9.17, 15) is 9.90 Å². The maximum Gasteiger partial charge on any atom is 0.231 e. The number of carbonyl (C=O) groups excluding carboxylic acids is 1. The number of para-hydroxylation sites is 2. The lowest BCUT2D eigenvalue weighted by Crippen LogP contribution is -2.60. The van der Waals surface area contributed by atoms with Gasteiger partial charge in [-0.3, -0.25) is 9.69 Å². The van der Waals surface area contributed by atoms with Crippen LogP contribution in [0.15, 0.2) is 78.9 Å². The molecule has 2 aliphatic rings. The van der Waals surface area contributed by atoms with Crippen molar-refractivity contribution in [3.63, 3.8) is 0 Å². The van der Waals surface area contributed by atoms with E-state index >= 15 is 0 Å². The van der Waals surface area contributed by atoms with Crippen LogP contribution in [-0.4, -0.2) is 49.6 Å². The zero-order valence-corrected chi connectivity index (χ0v) is 22.4. The van der Waals surface area contributed by atoms with Gasteiger partial charge in [-0.1, -0.05) is 66.2 Å². The number of aromatic nitrogens is 2. The Morgan fingerprint density at radius 2 is 1.82 bits per heavy atom. The van der Waals surface area contributed by atoms with E-state index < -0.39 is 17.6 Å². The molecule has 2 aliphatic heterocycles. The Balaban J connectivity index is 1.31. The van der Waals surface area contributed by atoms with Crippen LogP contribution < -0.4 is 0 Å². The van der Waals surface area contributed by atoms with E-state index in [2.05, 4.69) is 22.6 Å². The lowest BCUT2D eigenvalue weighted by molar-refractivity contribution is -0.166. The van der Waals surface area contributed by atoms with Crippen LogP contribution in [0.2, 0.25) is 5.02 Å². The van der Waals surface area contributed by atoms with Crippen LogP contribution in [0, 0.1) is 5.41 Å². The van der Waals surface area contributed by atoms with Gasteiger partial charge < -0.3 is 14.6 Å². The number of hydrogen-bond donors (Lipinski definition) is 1. The number of nitrogens with zero attached hydrogens (tertiary/aromatic N) is 4. The lowest BCUT2D eigenvalue weighted by Gasteiger charge is -2.52. The van der Waals surface area contributed by atoms with Crippen LogP contribution in [0.1, 0.15) is 42.3 Å². The molecule has 1 aromatic heterocycles. The van der Waals surface area contributed by atoms with Crippen LogP contribution in [0.25, 0.3) is 11.0 Å². The monoisotopic (exact) mass is 528 g/mol. The van der Waals surface area contributed by atoms with Gasteiger partial charge in [-0.05, 0) is 61.2 Å². The highest BCUT2D eigenvalue weighted by atomic mass is 35.5. The maximum absolute atomic E-state index is 14.5. The van der Waals surface area contributed by atoms with Crippen LogP contribution in [0.4, 0.5) is 0 Å². The highest BCUT2D eigenvalue weighted by molar-refractivity contribution is 6.30. The summed E-state index contributed by atoms with van der Waals surface area (Å²) in [5.41, 5.74) is 3.38. The van der Waals surface area contributed by atoms with Crippen molar-refractivity contribution >= 4 is 28.5 Å². The van der Waals surface area contributed by atoms with Gasteiger partial charge in [0, 0.05) is 25.2 Å². The van der Waals surface area contributed by atoms with E-state index in [-0.39, 0.29) is 5.91 Å². The fraction of sp³-hybridized carbons (Fsp3) is 0.355. The van der Waals surface area contributed by atoms with Crippen molar-refractivity contribution in [3.05, 3.63) is 101 Å². The SMILES string of the molecule is Cn1c(CN2CCC[C@]3(C[C@@H](O)[C@H](c4ccccc4)N(Cc4cccc(Cl)c4)C3=O)C2)nc2ccccc21. The molecule has 4 aromatic rings. The third-order valence-electron chi connectivity index (χ3n) is 8.30. The second kappa shape index (κ2) is 10.2. The predicted molar refractivity (Wildman–Crippen MR) is 149 cm³/mol. The number of hydrogen-bond acceptors (Lipinski definition) is 4. The standard InChI is InChI=1S/C31H33ClN4O2/c1-34-26-14-6-5-13-25(26)33-28(34)20-35-16-8-15-31(21-35)18-27(37)29(23-10-3-2-4-11-23)36(30(31)38)19-22-9-7-12-24(32)17-22/h2-7,9-14,17,27,29,37H,8,15-16,18-21H2,1H3/t27-,29+,31+/m1/s1. The van der Waals surface area contributed by atoms with Gasteiger partial charge in [0.1, 0.15) is 5.82 Å². The summed E-state index contributed by atoms with van der Waals surface area (Å²) >= 11 is 6.29. The summed E-state index contributed by atoms with van der Waals surface area (Å²) in [6.45, 7) is 2.60. The van der Waals surface area contributed by atoms with Gasteiger partial charge in [-0.15, -0.1) is 0 Å². The molecular formula is C31H33ClN4O2. The van der Waals surface area contributed by atoms with Crippen LogP contribution in [-0.2, 0) is 24.9 Å². The summed E-state index contributed by atoms with van der Waals surface area (Å²) in [6.07, 6.45) is 1.47. The first-order chi connectivity index (χ1) is 18.4. The second-order valence-electron chi connectivity index (χ2n) is 10.9. The fourth-order valence-corrected chi connectivity index (χ4v) is 6.75. The van der Waals surface area contributed by atoms with Gasteiger partial charge in [-0.25, -0.2) is 4.98 Å². The number of rotatable bonds is 5. The topological polar surface area (TPSA) is 61.6 Å². The third-order valence-corrected chi connectivity index (χ3v) is 8.53. The van der Waals surface area contributed by atoms with Crippen molar-refractivity contribution in [2.75, 3.05) is 13.1 Å². The van der Waals surface area contributed by atoms with E-state index in [1.165, 1.54) is 0 Å². The van der Waals surface area contributed by atoms with E-state index in [0.717, 1.165) is 47.4 Å². The Morgan fingerprint density at radius 3 is 2.61 bits per heavy atom. The molecule has 0 radical (unpaired) electrons. The molecule has 3 heterocycles. The highest BCUT2D eigenvalue weighted by Gasteiger charge is 2.53. The summed E-state index contributed by atoms with van der Waals surface area (Å²) in [5, 5.41) is 12.3. The molecule has 7 heteroatoms. The number of aliphatic hydroxyl groups is 1. The summed E-state index contributed by atoms with van der Waals surface area (Å²) in [5.74, 6) is 1.11. The number of fused-ring (bicyclic) bond motifs is 1. The zero-order chi connectivity index (χ0) is 26.3. The lowest BCUT2D eigenvalue weighted by atomic mass is 9.69. The van der Waals surface area contributed by atoms with Crippen molar-refractivity contribution in [1.82, 2.24) is 19.4 Å². The maximum atomic E-state index is 14.5. The van der Waals surface area contributed by atoms with Crippen LogP contribution in [0.3, 0.4) is 0 Å². The Morgan fingerprint density at radius 1 is 1.03 bits per heavy atom. The predicted octanol–water partition coefficient (Wildman–Crippen LogP) is 5.34. The summed E-state index contributed by atoms with van der Waals surface area (Å²) < 4.78 is 2.14. The van der Waals surface area contributed by atoms with E-state index in [1.54, 1.807) is 0 Å². The smallest absolute Gasteiger partial charge is 0.231 e. The fourth-order valence-electron chi connectivity index (χ4n) is 6.53. The van der Waals surface area contributed by atoms with E-state index in [0.29, 0.717) is 31.1 Å². The Kier molecular flexibility index (Phi) is 6.72. The Labute approximate surface area is 228 Å². The van der Waals surface area contributed by atoms with Crippen molar-refractivity contribution in [2.24, 2.45) is 12.5 Å². The first-order valence-electron chi connectivity index (χ1n) is 13.3. The average molecular weight is 529 g/mol. The van der Waals surface area contributed by atoms with Crippen molar-refractivity contribution in [1.29, 1.82) is 0 Å². The van der Waals surface area contributed by atoms with Crippen molar-refractivity contribution < 1.29 is 9.90 Å². The first kappa shape index (κ1) is 25.1. The minimum Gasteiger partial charge on any atom is -0.391 e. The molecule has 2 fully saturated rings. The number of imidazole rings is 1. The molecule has 3 atom stereocenters. The quantitative estimate of drug-likeness (QED) is 0.379. The molecule has 6 rings (SSSR count). The number of amides is 1. The molecule has 1 spiro atoms. The molecule has 1 amide bonds. The molecule has 2 saturated heterocycles. The number of halogens is 1. The minimum absolute atomic E-state index is 0.117. The molecule has 3 aromatic carbocycles. The summed E-state index contributed by atoms with van der Waals surface area (Å²) in [4.78, 5) is 23.6. The van der Waals surface area contributed by atoms with E-state index in [1.807, 2.05) is 77.7 Å². The molecule has 38 heavy (non-hydrogen) atoms. The molecule has 0 unspecified atom stereocenters. The third kappa shape index (κ3) is 4.62. The Hall–Kier alpha value is -3.19. The van der Waals surface area contributed by atoms with Crippen molar-refractivity contribution in [3.8, 4) is 0 Å². The molecule has 6 nitrogen and oxygen atoms in total. The van der Waals surface area contributed by atoms with Crippen LogP contribution >= 0.6 is 11.6 Å². The molecule has 196 valence electrons. The van der Waals surface area contributed by atoms with Gasteiger partial charge in [0.15, 0.2) is 0 Å². The highest BCUT2D eigenvalue weighted by Crippen LogP contribution is 2.46.